The highest BCUT2D eigenvalue weighted by atomic mass is 16.6. The Balaban J connectivity index is 1.31. The van der Waals surface area contributed by atoms with Crippen LogP contribution in [-0.4, -0.2) is 55.6 Å². The summed E-state index contributed by atoms with van der Waals surface area (Å²) >= 11 is 0. The lowest BCUT2D eigenvalue weighted by atomic mass is 9.95. The van der Waals surface area contributed by atoms with E-state index in [-0.39, 0.29) is 24.5 Å². The number of nitrogens with zero attached hydrogens (tertiary/aromatic N) is 3. The van der Waals surface area contributed by atoms with E-state index in [9.17, 15) is 14.4 Å². The normalized spacial score (nSPS) is 15.4. The van der Waals surface area contributed by atoms with Crippen LogP contribution < -0.4 is 14.5 Å². The van der Waals surface area contributed by atoms with E-state index in [0.717, 1.165) is 17.7 Å². The minimum Gasteiger partial charge on any atom is -0.497 e. The number of ether oxygens (including phenoxy) is 2. The molecule has 1 fully saturated rings. The Labute approximate surface area is 235 Å². The summed E-state index contributed by atoms with van der Waals surface area (Å²) in [5.74, 6) is 0.533. The van der Waals surface area contributed by atoms with Crippen LogP contribution in [0.5, 0.6) is 5.75 Å². The summed E-state index contributed by atoms with van der Waals surface area (Å²) in [5, 5.41) is 0. The van der Waals surface area contributed by atoms with Crippen molar-refractivity contribution in [2.45, 2.75) is 45.3 Å². The Hall–Kier alpha value is -4.33. The van der Waals surface area contributed by atoms with Gasteiger partial charge in [0.05, 0.1) is 18.4 Å². The molecule has 3 aromatic rings. The molecule has 0 bridgehead atoms. The highest BCUT2D eigenvalue weighted by Crippen LogP contribution is 2.34. The maximum Gasteiger partial charge on any atom is 0.414 e. The van der Waals surface area contributed by atoms with Crippen molar-refractivity contribution >= 4 is 29.3 Å². The average molecular weight is 542 g/mol. The number of fused-ring (bicyclic) bond motifs is 1. The molecule has 5 rings (SSSR count). The predicted molar refractivity (Wildman–Crippen MR) is 154 cm³/mol. The van der Waals surface area contributed by atoms with Gasteiger partial charge in [-0.15, -0.1) is 0 Å². The molecule has 208 valence electrons. The first kappa shape index (κ1) is 27.2. The monoisotopic (exact) mass is 541 g/mol. The van der Waals surface area contributed by atoms with Crippen LogP contribution in [0.2, 0.25) is 0 Å². The van der Waals surface area contributed by atoms with Crippen LogP contribution in [0.4, 0.5) is 16.2 Å². The number of benzene rings is 3. The van der Waals surface area contributed by atoms with Crippen LogP contribution >= 0.6 is 0 Å². The second kappa shape index (κ2) is 12.2. The van der Waals surface area contributed by atoms with Gasteiger partial charge >= 0.3 is 6.09 Å². The lowest BCUT2D eigenvalue weighted by Gasteiger charge is -2.41. The van der Waals surface area contributed by atoms with E-state index in [4.69, 9.17) is 9.47 Å². The number of methoxy groups -OCH3 is 1. The van der Waals surface area contributed by atoms with Gasteiger partial charge in [0.1, 0.15) is 12.4 Å². The molecule has 0 unspecified atom stereocenters. The Bertz CT molecular complexity index is 1370. The summed E-state index contributed by atoms with van der Waals surface area (Å²) in [6.45, 7) is 3.34. The first-order chi connectivity index (χ1) is 19.5. The number of piperidine rings is 1. The minimum atomic E-state index is -0.533. The number of hydrogen-bond donors (Lipinski definition) is 0. The third kappa shape index (κ3) is 5.66. The van der Waals surface area contributed by atoms with E-state index >= 15 is 0 Å². The Morgan fingerprint density at radius 2 is 1.68 bits per heavy atom. The summed E-state index contributed by atoms with van der Waals surface area (Å²) < 4.78 is 11.0. The summed E-state index contributed by atoms with van der Waals surface area (Å²) in [7, 11) is 1.55. The van der Waals surface area contributed by atoms with Gasteiger partial charge in [-0.1, -0.05) is 48.5 Å². The molecule has 3 aromatic carbocycles. The van der Waals surface area contributed by atoms with Crippen LogP contribution in [0, 0.1) is 0 Å². The van der Waals surface area contributed by atoms with Crippen molar-refractivity contribution in [3.63, 3.8) is 0 Å². The second-order valence-corrected chi connectivity index (χ2v) is 10.1. The van der Waals surface area contributed by atoms with Gasteiger partial charge < -0.3 is 19.3 Å². The first-order valence-corrected chi connectivity index (χ1v) is 13.9. The minimum absolute atomic E-state index is 0.0495. The highest BCUT2D eigenvalue weighted by molar-refractivity contribution is 6.04. The zero-order chi connectivity index (χ0) is 28.1. The zero-order valence-electron chi connectivity index (χ0n) is 23.0. The molecule has 0 saturated carbocycles. The second-order valence-electron chi connectivity index (χ2n) is 10.1. The van der Waals surface area contributed by atoms with Crippen molar-refractivity contribution < 1.29 is 23.9 Å². The third-order valence-corrected chi connectivity index (χ3v) is 7.71. The maximum absolute atomic E-state index is 13.8. The largest absolute Gasteiger partial charge is 0.497 e. The van der Waals surface area contributed by atoms with Crippen LogP contribution in [0.25, 0.3) is 0 Å². The van der Waals surface area contributed by atoms with E-state index in [1.807, 2.05) is 65.3 Å². The molecule has 2 aliphatic heterocycles. The maximum atomic E-state index is 13.8. The van der Waals surface area contributed by atoms with Crippen LogP contribution in [0.15, 0.2) is 72.8 Å². The quantitative estimate of drug-likeness (QED) is 0.398. The molecule has 0 aromatic heterocycles. The Morgan fingerprint density at radius 1 is 0.950 bits per heavy atom. The van der Waals surface area contributed by atoms with Gasteiger partial charge in [0.25, 0.3) is 5.91 Å². The highest BCUT2D eigenvalue weighted by Gasteiger charge is 2.34. The summed E-state index contributed by atoms with van der Waals surface area (Å²) in [6.07, 6.45) is 2.13. The first-order valence-electron chi connectivity index (χ1n) is 13.9. The van der Waals surface area contributed by atoms with Gasteiger partial charge in [0.15, 0.2) is 0 Å². The van der Waals surface area contributed by atoms with Gasteiger partial charge in [0, 0.05) is 43.9 Å². The lowest BCUT2D eigenvalue weighted by Crippen LogP contribution is -2.50. The summed E-state index contributed by atoms with van der Waals surface area (Å²) in [4.78, 5) is 45.1. The smallest absolute Gasteiger partial charge is 0.414 e. The molecule has 2 aliphatic rings. The fraction of sp³-hybridized carbons (Fsp3) is 0.344. The van der Waals surface area contributed by atoms with E-state index in [2.05, 4.69) is 6.07 Å². The van der Waals surface area contributed by atoms with E-state index in [1.165, 1.54) is 10.5 Å². The van der Waals surface area contributed by atoms with Crippen molar-refractivity contribution in [3.05, 3.63) is 89.5 Å². The van der Waals surface area contributed by atoms with E-state index in [0.29, 0.717) is 55.9 Å². The molecule has 1 saturated heterocycles. The van der Waals surface area contributed by atoms with Crippen molar-refractivity contribution in [2.75, 3.05) is 36.5 Å². The van der Waals surface area contributed by atoms with Crippen molar-refractivity contribution in [3.8, 4) is 5.75 Å². The zero-order valence-corrected chi connectivity index (χ0v) is 23.0. The van der Waals surface area contributed by atoms with Crippen LogP contribution in [-0.2, 0) is 22.6 Å². The Morgan fingerprint density at radius 3 is 2.40 bits per heavy atom. The van der Waals surface area contributed by atoms with Crippen LogP contribution in [0.1, 0.15) is 47.7 Å². The third-order valence-electron chi connectivity index (χ3n) is 7.71. The number of hydrogen-bond acceptors (Lipinski definition) is 5. The number of likely N-dealkylation sites (tertiary alicyclic amines) is 1. The fourth-order valence-corrected chi connectivity index (χ4v) is 5.59. The molecule has 8 nitrogen and oxygen atoms in total. The van der Waals surface area contributed by atoms with Gasteiger partial charge in [-0.2, -0.15) is 0 Å². The Kier molecular flexibility index (Phi) is 8.34. The van der Waals surface area contributed by atoms with Gasteiger partial charge in [0.2, 0.25) is 5.91 Å². The fourth-order valence-electron chi connectivity index (χ4n) is 5.59. The lowest BCUT2D eigenvalue weighted by molar-refractivity contribution is -0.119. The molecule has 40 heavy (non-hydrogen) atoms. The average Bonchev–Trinajstić information content (AvgIpc) is 3.00. The van der Waals surface area contributed by atoms with Gasteiger partial charge in [-0.3, -0.25) is 14.5 Å². The number of rotatable bonds is 7. The van der Waals surface area contributed by atoms with Crippen molar-refractivity contribution in [1.29, 1.82) is 0 Å². The van der Waals surface area contributed by atoms with Gasteiger partial charge in [-0.25, -0.2) is 4.79 Å². The molecule has 3 amide bonds. The SMILES string of the molecule is CCN(C(=O)OCc1ccccc1)c1cc(OC)ccc1C(=O)N1CCC(N2C(=O)CCc3ccccc32)CC1. The van der Waals surface area contributed by atoms with Crippen molar-refractivity contribution in [1.82, 2.24) is 4.90 Å². The molecular formula is C32H35N3O5. The molecule has 8 heteroatoms. The summed E-state index contributed by atoms with van der Waals surface area (Å²) in [5.41, 5.74) is 3.94. The van der Waals surface area contributed by atoms with E-state index in [1.54, 1.807) is 25.3 Å². The molecule has 0 atom stereocenters. The number of carbonyl (C=O) groups excluding carboxylic acids is 3. The number of amides is 3. The topological polar surface area (TPSA) is 79.4 Å². The number of carbonyl (C=O) groups is 3. The van der Waals surface area contributed by atoms with E-state index < -0.39 is 6.09 Å². The standard InChI is InChI=1S/C32H35N3O5/c1-3-34(32(38)40-22-23-9-5-4-6-10-23)29-21-26(39-2)14-15-27(29)31(37)33-19-17-25(18-20-33)35-28-12-8-7-11-24(28)13-16-30(35)36/h4-12,14-15,21,25H,3,13,16-20,22H2,1-2H3. The molecule has 2 heterocycles. The number of anilines is 2. The molecule has 0 aliphatic carbocycles. The summed E-state index contributed by atoms with van der Waals surface area (Å²) in [6, 6.07) is 22.8. The molecular weight excluding hydrogens is 506 g/mol. The molecule has 0 N–H and O–H groups in total. The predicted octanol–water partition coefficient (Wildman–Crippen LogP) is 5.44. The van der Waals surface area contributed by atoms with Crippen LogP contribution in [0.3, 0.4) is 0 Å². The molecule has 0 radical (unpaired) electrons. The number of para-hydroxylation sites is 1. The van der Waals surface area contributed by atoms with Gasteiger partial charge in [-0.05, 0) is 55.5 Å². The molecule has 0 spiro atoms. The number of aryl methyl sites for hydroxylation is 1. The van der Waals surface area contributed by atoms with Crippen molar-refractivity contribution in [2.24, 2.45) is 0 Å².